The average Bonchev–Trinajstić information content (AvgIpc) is 3.42. The Morgan fingerprint density at radius 3 is 2.16 bits per heavy atom. The third-order valence-electron chi connectivity index (χ3n) is 5.79. The van der Waals surface area contributed by atoms with Gasteiger partial charge < -0.3 is 20.3 Å². The molecule has 0 radical (unpaired) electrons. The van der Waals surface area contributed by atoms with Gasteiger partial charge in [-0.25, -0.2) is 19.1 Å². The van der Waals surface area contributed by atoms with Gasteiger partial charge in [0.15, 0.2) is 5.69 Å². The molecule has 1 aliphatic rings. The average molecular weight is 499 g/mol. The minimum atomic E-state index is -1.23. The quantitative estimate of drug-likeness (QED) is 0.482. The second kappa shape index (κ2) is 10.1. The number of para-hydroxylation sites is 2. The Morgan fingerprint density at radius 2 is 1.59 bits per heavy atom. The molecule has 1 aromatic heterocycles. The second-order valence-electron chi connectivity index (χ2n) is 7.77. The molecule has 3 N–H and O–H groups in total. The lowest BCUT2D eigenvalue weighted by Gasteiger charge is -2.36. The first kappa shape index (κ1) is 24.7. The van der Waals surface area contributed by atoms with Crippen molar-refractivity contribution in [1.29, 1.82) is 5.26 Å². The number of methoxy groups -OCH3 is 2. The molecule has 11 heteroatoms. The number of carbonyl (C=O) groups excluding carboxylic acids is 2. The van der Waals surface area contributed by atoms with Gasteiger partial charge in [0.05, 0.1) is 48.7 Å². The van der Waals surface area contributed by atoms with Crippen molar-refractivity contribution >= 4 is 23.6 Å². The third-order valence-corrected chi connectivity index (χ3v) is 5.79. The van der Waals surface area contributed by atoms with E-state index in [9.17, 15) is 24.8 Å². The number of esters is 2. The monoisotopic (exact) mass is 499 g/mol. The summed E-state index contributed by atoms with van der Waals surface area (Å²) in [6.07, 6.45) is 1.42. The van der Waals surface area contributed by atoms with Gasteiger partial charge >= 0.3 is 17.9 Å². The molecule has 0 saturated heterocycles. The van der Waals surface area contributed by atoms with Gasteiger partial charge in [-0.3, -0.25) is 4.90 Å². The first-order valence-electron chi connectivity index (χ1n) is 10.9. The molecule has 1 aliphatic heterocycles. The first-order valence-corrected chi connectivity index (χ1v) is 10.9. The molecule has 0 fully saturated rings. The molecule has 0 bridgehead atoms. The Hall–Kier alpha value is -5.37. The number of rotatable bonds is 6. The van der Waals surface area contributed by atoms with E-state index in [0.29, 0.717) is 11.3 Å². The number of ether oxygens (including phenoxy) is 2. The van der Waals surface area contributed by atoms with E-state index < -0.39 is 23.8 Å². The van der Waals surface area contributed by atoms with Crippen molar-refractivity contribution in [2.75, 3.05) is 19.1 Å². The number of carbonyl (C=O) groups is 3. The summed E-state index contributed by atoms with van der Waals surface area (Å²) in [5.74, 6) is -4.12. The Morgan fingerprint density at radius 1 is 0.973 bits per heavy atom. The smallest absolute Gasteiger partial charge is 0.356 e. The van der Waals surface area contributed by atoms with Crippen LogP contribution in [0.25, 0.3) is 5.69 Å². The van der Waals surface area contributed by atoms with Crippen LogP contribution in [-0.2, 0) is 19.1 Å². The fourth-order valence-corrected chi connectivity index (χ4v) is 4.18. The SMILES string of the molecule is COC(=O)C1=C(C(=O)OC)N(c2ccccc2-n2ccc(C(=O)O)n2)C(N)=C(C#N)C1c1ccccc1. The molecule has 11 nitrogen and oxygen atoms in total. The van der Waals surface area contributed by atoms with E-state index >= 15 is 0 Å². The van der Waals surface area contributed by atoms with Crippen LogP contribution in [0.5, 0.6) is 0 Å². The Bertz CT molecular complexity index is 1500. The topological polar surface area (TPSA) is 161 Å². The lowest BCUT2D eigenvalue weighted by Crippen LogP contribution is -2.41. The fraction of sp³-hybridized carbons (Fsp3) is 0.115. The number of carboxylic acids is 1. The van der Waals surface area contributed by atoms with E-state index in [2.05, 4.69) is 11.2 Å². The van der Waals surface area contributed by atoms with Crippen molar-refractivity contribution in [3.63, 3.8) is 0 Å². The number of nitriles is 1. The minimum Gasteiger partial charge on any atom is -0.476 e. The maximum absolute atomic E-state index is 13.2. The molecule has 1 unspecified atom stereocenters. The van der Waals surface area contributed by atoms with Crippen LogP contribution in [0.15, 0.2) is 89.5 Å². The highest BCUT2D eigenvalue weighted by Gasteiger charge is 2.43. The zero-order chi connectivity index (χ0) is 26.7. The highest BCUT2D eigenvalue weighted by molar-refractivity contribution is 6.06. The van der Waals surface area contributed by atoms with Crippen LogP contribution in [0.3, 0.4) is 0 Å². The van der Waals surface area contributed by atoms with Crippen LogP contribution in [-0.4, -0.2) is 47.0 Å². The summed E-state index contributed by atoms with van der Waals surface area (Å²) in [6.45, 7) is 0. The van der Waals surface area contributed by atoms with Crippen LogP contribution < -0.4 is 10.6 Å². The van der Waals surface area contributed by atoms with Gasteiger partial charge in [0, 0.05) is 6.20 Å². The molecule has 0 aliphatic carbocycles. The highest BCUT2D eigenvalue weighted by atomic mass is 16.5. The molecule has 2 heterocycles. The molecule has 4 rings (SSSR count). The number of anilines is 1. The van der Waals surface area contributed by atoms with E-state index in [1.165, 1.54) is 21.8 Å². The van der Waals surface area contributed by atoms with Crippen LogP contribution in [0.1, 0.15) is 22.0 Å². The van der Waals surface area contributed by atoms with Gasteiger partial charge in [-0.05, 0) is 23.8 Å². The number of benzene rings is 2. The highest BCUT2D eigenvalue weighted by Crippen LogP contribution is 2.44. The summed E-state index contributed by atoms with van der Waals surface area (Å²) in [7, 11) is 2.31. The molecular formula is C26H21N5O6. The minimum absolute atomic E-state index is 0.000691. The number of allylic oxidation sites excluding steroid dienone is 1. The van der Waals surface area contributed by atoms with Gasteiger partial charge in [0.25, 0.3) is 0 Å². The maximum Gasteiger partial charge on any atom is 0.356 e. The van der Waals surface area contributed by atoms with Gasteiger partial charge in [-0.15, -0.1) is 0 Å². The van der Waals surface area contributed by atoms with E-state index in [1.54, 1.807) is 54.6 Å². The van der Waals surface area contributed by atoms with Gasteiger partial charge in [0.1, 0.15) is 11.5 Å². The third kappa shape index (κ3) is 4.28. The number of aromatic nitrogens is 2. The standard InChI is InChI=1S/C26H21N5O6/c1-36-25(34)21-20(15-8-4-3-5-9-15)16(14-27)23(28)31(22(21)26(35)37-2)19-11-7-6-10-18(19)30-13-12-17(29-30)24(32)33/h3-13,20H,28H2,1-2H3,(H,32,33). The Kier molecular flexibility index (Phi) is 6.75. The number of nitrogens with two attached hydrogens (primary N) is 1. The van der Waals surface area contributed by atoms with Crippen molar-refractivity contribution in [2.45, 2.75) is 5.92 Å². The van der Waals surface area contributed by atoms with Gasteiger partial charge in [-0.1, -0.05) is 42.5 Å². The zero-order valence-electron chi connectivity index (χ0n) is 19.8. The predicted molar refractivity (Wildman–Crippen MR) is 130 cm³/mol. The summed E-state index contributed by atoms with van der Waals surface area (Å²) in [4.78, 5) is 39.1. The summed E-state index contributed by atoms with van der Waals surface area (Å²) < 4.78 is 11.4. The number of aromatic carboxylic acids is 1. The van der Waals surface area contributed by atoms with E-state index in [4.69, 9.17) is 15.2 Å². The summed E-state index contributed by atoms with van der Waals surface area (Å²) in [6, 6.07) is 18.5. The summed E-state index contributed by atoms with van der Waals surface area (Å²) >= 11 is 0. The maximum atomic E-state index is 13.2. The number of hydrogen-bond donors (Lipinski definition) is 2. The van der Waals surface area contributed by atoms with Crippen molar-refractivity contribution in [3.05, 3.63) is 101 Å². The van der Waals surface area contributed by atoms with E-state index in [-0.39, 0.29) is 34.0 Å². The molecule has 186 valence electrons. The van der Waals surface area contributed by atoms with Gasteiger partial charge in [-0.2, -0.15) is 10.4 Å². The van der Waals surface area contributed by atoms with Crippen molar-refractivity contribution in [3.8, 4) is 11.8 Å². The second-order valence-corrected chi connectivity index (χ2v) is 7.77. The van der Waals surface area contributed by atoms with Crippen LogP contribution in [0, 0.1) is 11.3 Å². The molecule has 0 spiro atoms. The van der Waals surface area contributed by atoms with Crippen LogP contribution in [0.4, 0.5) is 5.69 Å². The first-order chi connectivity index (χ1) is 17.8. The molecule has 37 heavy (non-hydrogen) atoms. The lowest BCUT2D eigenvalue weighted by atomic mass is 9.81. The number of carboxylic acid groups (broad SMARTS) is 1. The van der Waals surface area contributed by atoms with Crippen LogP contribution in [0.2, 0.25) is 0 Å². The lowest BCUT2D eigenvalue weighted by molar-refractivity contribution is -0.139. The molecule has 0 amide bonds. The normalized spacial score (nSPS) is 15.3. The number of nitrogens with zero attached hydrogens (tertiary/aromatic N) is 4. The largest absolute Gasteiger partial charge is 0.476 e. The zero-order valence-corrected chi connectivity index (χ0v) is 19.8. The van der Waals surface area contributed by atoms with E-state index in [0.717, 1.165) is 14.2 Å². The summed E-state index contributed by atoms with van der Waals surface area (Å²) in [5, 5.41) is 23.6. The molecule has 1 atom stereocenters. The van der Waals surface area contributed by atoms with Crippen molar-refractivity contribution < 1.29 is 29.0 Å². The van der Waals surface area contributed by atoms with Crippen LogP contribution >= 0.6 is 0 Å². The van der Waals surface area contributed by atoms with Gasteiger partial charge in [0.2, 0.25) is 0 Å². The van der Waals surface area contributed by atoms with Crippen molar-refractivity contribution in [1.82, 2.24) is 9.78 Å². The van der Waals surface area contributed by atoms with E-state index in [1.807, 2.05) is 0 Å². The number of hydrogen-bond acceptors (Lipinski definition) is 9. The Balaban J connectivity index is 2.07. The molecule has 0 saturated carbocycles. The molecular weight excluding hydrogens is 478 g/mol. The molecule has 3 aromatic rings. The van der Waals surface area contributed by atoms with Crippen molar-refractivity contribution in [2.24, 2.45) is 5.73 Å². The predicted octanol–water partition coefficient (Wildman–Crippen LogP) is 2.47. The Labute approximate surface area is 211 Å². The summed E-state index contributed by atoms with van der Waals surface area (Å²) in [5.41, 5.74) is 7.03. The molecule has 2 aromatic carbocycles. The fourth-order valence-electron chi connectivity index (χ4n) is 4.18.